The first kappa shape index (κ1) is 23.0. The van der Waals surface area contributed by atoms with Gasteiger partial charge in [0.15, 0.2) is 23.9 Å². The normalized spacial score (nSPS) is 27.8. The zero-order chi connectivity index (χ0) is 21.4. The van der Waals surface area contributed by atoms with Gasteiger partial charge in [-0.05, 0) is 12.1 Å². The lowest BCUT2D eigenvalue weighted by Gasteiger charge is -2.39. The molecule has 162 valence electrons. The number of methoxy groups -OCH3 is 1. The maximum Gasteiger partial charge on any atom is 0.335 e. The average Bonchev–Trinajstić information content (AvgIpc) is 2.72. The molecule has 0 radical (unpaired) electrons. The number of nitrogens with one attached hydrogen (secondary N) is 1. The minimum atomic E-state index is -1.83. The van der Waals surface area contributed by atoms with Gasteiger partial charge in [-0.2, -0.15) is 0 Å². The molecule has 1 aliphatic heterocycles. The SMILES string of the molecule is COc1ccccc1OCCNCC(C=O)OC1OC(C(=O)O)C(O)C(O)C1O. The Morgan fingerprint density at radius 1 is 1.21 bits per heavy atom. The summed E-state index contributed by atoms with van der Waals surface area (Å²) in [6.07, 6.45) is -9.41. The molecule has 29 heavy (non-hydrogen) atoms. The summed E-state index contributed by atoms with van der Waals surface area (Å²) >= 11 is 0. The van der Waals surface area contributed by atoms with Gasteiger partial charge < -0.3 is 49.5 Å². The van der Waals surface area contributed by atoms with E-state index < -0.39 is 42.8 Å². The lowest BCUT2D eigenvalue weighted by Crippen LogP contribution is -2.61. The Morgan fingerprint density at radius 2 is 1.90 bits per heavy atom. The van der Waals surface area contributed by atoms with E-state index in [-0.39, 0.29) is 13.2 Å². The second kappa shape index (κ2) is 11.0. The highest BCUT2D eigenvalue weighted by Crippen LogP contribution is 2.25. The molecule has 11 nitrogen and oxygen atoms in total. The monoisotopic (exact) mass is 415 g/mol. The number of carboxylic acid groups (broad SMARTS) is 1. The van der Waals surface area contributed by atoms with Gasteiger partial charge in [0.25, 0.3) is 0 Å². The smallest absolute Gasteiger partial charge is 0.335 e. The number of carbonyl (C=O) groups excluding carboxylic acids is 1. The van der Waals surface area contributed by atoms with Gasteiger partial charge >= 0.3 is 5.97 Å². The molecule has 1 fully saturated rings. The number of hydrogen-bond donors (Lipinski definition) is 5. The average molecular weight is 415 g/mol. The highest BCUT2D eigenvalue weighted by Gasteiger charge is 2.48. The molecule has 0 spiro atoms. The van der Waals surface area contributed by atoms with E-state index >= 15 is 0 Å². The third-order valence-electron chi connectivity index (χ3n) is 4.22. The second-order valence-electron chi connectivity index (χ2n) is 6.25. The van der Waals surface area contributed by atoms with Crippen molar-refractivity contribution < 1.29 is 49.0 Å². The predicted octanol–water partition coefficient (Wildman–Crippen LogP) is -1.86. The lowest BCUT2D eigenvalue weighted by molar-refractivity contribution is -0.300. The van der Waals surface area contributed by atoms with Crippen molar-refractivity contribution >= 4 is 12.3 Å². The third kappa shape index (κ3) is 6.10. The fraction of sp³-hybridized carbons (Fsp3) is 0.556. The van der Waals surface area contributed by atoms with E-state index in [9.17, 15) is 24.9 Å². The topological polar surface area (TPSA) is 164 Å². The molecular formula is C18H25NO10. The highest BCUT2D eigenvalue weighted by molar-refractivity contribution is 5.73. The van der Waals surface area contributed by atoms with Crippen LogP contribution in [-0.4, -0.2) is 96.3 Å². The van der Waals surface area contributed by atoms with Crippen molar-refractivity contribution in [2.24, 2.45) is 0 Å². The van der Waals surface area contributed by atoms with Crippen LogP contribution in [-0.2, 0) is 19.1 Å². The van der Waals surface area contributed by atoms with Crippen molar-refractivity contribution in [1.82, 2.24) is 5.32 Å². The first-order valence-corrected chi connectivity index (χ1v) is 8.88. The minimum absolute atomic E-state index is 0.0156. The minimum Gasteiger partial charge on any atom is -0.493 e. The summed E-state index contributed by atoms with van der Waals surface area (Å²) in [4.78, 5) is 22.3. The van der Waals surface area contributed by atoms with E-state index in [4.69, 9.17) is 24.1 Å². The Balaban J connectivity index is 1.79. The number of aldehydes is 1. The van der Waals surface area contributed by atoms with Gasteiger partial charge in [-0.25, -0.2) is 4.79 Å². The van der Waals surface area contributed by atoms with Crippen LogP contribution in [0.15, 0.2) is 24.3 Å². The Bertz CT molecular complexity index is 672. The van der Waals surface area contributed by atoms with Crippen LogP contribution in [0.5, 0.6) is 11.5 Å². The number of aliphatic hydroxyl groups is 3. The van der Waals surface area contributed by atoms with Crippen LogP contribution in [0.2, 0.25) is 0 Å². The molecule has 6 atom stereocenters. The van der Waals surface area contributed by atoms with Crippen molar-refractivity contribution in [1.29, 1.82) is 0 Å². The number of ether oxygens (including phenoxy) is 4. The molecule has 0 aliphatic carbocycles. The summed E-state index contributed by atoms with van der Waals surface area (Å²) in [5.41, 5.74) is 0. The summed E-state index contributed by atoms with van der Waals surface area (Å²) in [6, 6.07) is 7.11. The van der Waals surface area contributed by atoms with Gasteiger partial charge in [-0.1, -0.05) is 12.1 Å². The van der Waals surface area contributed by atoms with Gasteiger partial charge in [0.1, 0.15) is 37.3 Å². The number of carbonyl (C=O) groups is 2. The molecule has 2 rings (SSSR count). The summed E-state index contributed by atoms with van der Waals surface area (Å²) in [6.45, 7) is 0.626. The Kier molecular flexibility index (Phi) is 8.76. The van der Waals surface area contributed by atoms with Crippen molar-refractivity contribution in [2.45, 2.75) is 36.8 Å². The van der Waals surface area contributed by atoms with Crippen LogP contribution in [0.1, 0.15) is 0 Å². The van der Waals surface area contributed by atoms with Crippen LogP contribution in [0, 0.1) is 0 Å². The van der Waals surface area contributed by atoms with E-state index in [0.29, 0.717) is 24.3 Å². The van der Waals surface area contributed by atoms with Crippen molar-refractivity contribution in [2.75, 3.05) is 26.8 Å². The molecule has 1 heterocycles. The highest BCUT2D eigenvalue weighted by atomic mass is 16.7. The summed E-state index contributed by atoms with van der Waals surface area (Å²) in [5.74, 6) is -0.393. The molecule has 0 aromatic heterocycles. The van der Waals surface area contributed by atoms with Crippen LogP contribution in [0.25, 0.3) is 0 Å². The largest absolute Gasteiger partial charge is 0.493 e. The first-order valence-electron chi connectivity index (χ1n) is 8.88. The molecule has 1 saturated heterocycles. The van der Waals surface area contributed by atoms with Crippen molar-refractivity contribution in [3.8, 4) is 11.5 Å². The first-order chi connectivity index (χ1) is 13.9. The van der Waals surface area contributed by atoms with Gasteiger partial charge in [0.2, 0.25) is 0 Å². The van der Waals surface area contributed by atoms with E-state index in [0.717, 1.165) is 0 Å². The molecule has 1 aromatic rings. The fourth-order valence-corrected chi connectivity index (χ4v) is 2.68. The van der Waals surface area contributed by atoms with Gasteiger partial charge in [-0.3, -0.25) is 0 Å². The Labute approximate surface area is 166 Å². The molecular weight excluding hydrogens is 390 g/mol. The quantitative estimate of drug-likeness (QED) is 0.203. The number of carboxylic acids is 1. The number of aliphatic hydroxyl groups excluding tert-OH is 3. The van der Waals surface area contributed by atoms with Crippen molar-refractivity contribution in [3.05, 3.63) is 24.3 Å². The van der Waals surface area contributed by atoms with Crippen LogP contribution in [0.4, 0.5) is 0 Å². The van der Waals surface area contributed by atoms with E-state index in [1.165, 1.54) is 7.11 Å². The predicted molar refractivity (Wildman–Crippen MR) is 96.6 cm³/mol. The fourth-order valence-electron chi connectivity index (χ4n) is 2.68. The lowest BCUT2D eigenvalue weighted by atomic mass is 9.99. The van der Waals surface area contributed by atoms with Gasteiger partial charge in [0, 0.05) is 13.1 Å². The van der Waals surface area contributed by atoms with Gasteiger partial charge in [0.05, 0.1) is 7.11 Å². The Hall–Kier alpha value is -2.28. The van der Waals surface area contributed by atoms with E-state index in [2.05, 4.69) is 5.32 Å². The molecule has 0 amide bonds. The van der Waals surface area contributed by atoms with E-state index in [1.807, 2.05) is 6.07 Å². The molecule has 1 aliphatic rings. The second-order valence-corrected chi connectivity index (χ2v) is 6.25. The van der Waals surface area contributed by atoms with Crippen LogP contribution < -0.4 is 14.8 Å². The Morgan fingerprint density at radius 3 is 2.52 bits per heavy atom. The zero-order valence-electron chi connectivity index (χ0n) is 15.7. The summed E-state index contributed by atoms with van der Waals surface area (Å²) < 4.78 is 21.0. The number of rotatable bonds is 11. The third-order valence-corrected chi connectivity index (χ3v) is 4.22. The summed E-state index contributed by atoms with van der Waals surface area (Å²) in [5, 5.41) is 41.3. The zero-order valence-corrected chi connectivity index (χ0v) is 15.7. The standard InChI is InChI=1S/C18H25NO10/c1-26-11-4-2-3-5-12(11)27-7-6-19-8-10(9-20)28-18-15(23)13(21)14(22)16(29-18)17(24)25/h2-5,9-10,13-16,18-19,21-23H,6-8H2,1H3,(H,24,25). The van der Waals surface area contributed by atoms with Crippen LogP contribution in [0.3, 0.4) is 0 Å². The number of benzene rings is 1. The van der Waals surface area contributed by atoms with Crippen LogP contribution >= 0.6 is 0 Å². The molecule has 1 aromatic carbocycles. The summed E-state index contributed by atoms with van der Waals surface area (Å²) in [7, 11) is 1.53. The molecule has 0 saturated carbocycles. The number of hydrogen-bond acceptors (Lipinski definition) is 10. The van der Waals surface area contributed by atoms with E-state index in [1.54, 1.807) is 18.2 Å². The molecule has 0 bridgehead atoms. The molecule has 5 N–H and O–H groups in total. The van der Waals surface area contributed by atoms with Gasteiger partial charge in [-0.15, -0.1) is 0 Å². The molecule has 11 heteroatoms. The maximum atomic E-state index is 11.2. The number of aliphatic carboxylic acids is 1. The van der Waals surface area contributed by atoms with Crippen molar-refractivity contribution in [3.63, 3.8) is 0 Å². The molecule has 6 unspecified atom stereocenters. The number of para-hydroxylation sites is 2. The maximum absolute atomic E-state index is 11.2.